The summed E-state index contributed by atoms with van der Waals surface area (Å²) in [7, 11) is 0. The van der Waals surface area contributed by atoms with E-state index >= 15 is 0 Å². The predicted octanol–water partition coefficient (Wildman–Crippen LogP) is 4.72. The van der Waals surface area contributed by atoms with E-state index in [4.69, 9.17) is 0 Å². The molecule has 0 saturated heterocycles. The molecule has 1 amide bonds. The molecule has 0 atom stereocenters. The SMILES string of the molecule is O=C(CCc1ccc(F)cc1)NC1(c2cccc(Br)c2)CCC1. The fraction of sp³-hybridized carbons (Fsp3) is 0.316. The van der Waals surface area contributed by atoms with Crippen LogP contribution in [-0.2, 0) is 16.8 Å². The van der Waals surface area contributed by atoms with Gasteiger partial charge >= 0.3 is 0 Å². The molecule has 2 aromatic rings. The van der Waals surface area contributed by atoms with Crippen LogP contribution in [0.15, 0.2) is 53.0 Å². The van der Waals surface area contributed by atoms with E-state index in [-0.39, 0.29) is 17.3 Å². The number of carbonyl (C=O) groups is 1. The largest absolute Gasteiger partial charge is 0.347 e. The minimum absolute atomic E-state index is 0.0500. The van der Waals surface area contributed by atoms with Crippen molar-refractivity contribution in [3.8, 4) is 0 Å². The van der Waals surface area contributed by atoms with Crippen LogP contribution in [0.4, 0.5) is 4.39 Å². The van der Waals surface area contributed by atoms with E-state index in [9.17, 15) is 9.18 Å². The number of halogens is 2. The van der Waals surface area contributed by atoms with Gasteiger partial charge in [0.05, 0.1) is 5.54 Å². The molecule has 4 heteroatoms. The van der Waals surface area contributed by atoms with Crippen LogP contribution in [0.3, 0.4) is 0 Å². The Morgan fingerprint density at radius 1 is 1.17 bits per heavy atom. The lowest BCUT2D eigenvalue weighted by Gasteiger charge is -2.43. The van der Waals surface area contributed by atoms with Gasteiger partial charge in [-0.1, -0.05) is 40.2 Å². The van der Waals surface area contributed by atoms with Crippen LogP contribution in [0.5, 0.6) is 0 Å². The summed E-state index contributed by atoms with van der Waals surface area (Å²) in [6, 6.07) is 14.5. The highest BCUT2D eigenvalue weighted by atomic mass is 79.9. The molecule has 0 radical (unpaired) electrons. The van der Waals surface area contributed by atoms with Gasteiger partial charge in [0, 0.05) is 10.9 Å². The van der Waals surface area contributed by atoms with Crippen molar-refractivity contribution in [3.63, 3.8) is 0 Å². The van der Waals surface area contributed by atoms with Crippen LogP contribution in [0.2, 0.25) is 0 Å². The first-order valence-electron chi connectivity index (χ1n) is 7.89. The molecule has 23 heavy (non-hydrogen) atoms. The fourth-order valence-electron chi connectivity index (χ4n) is 3.04. The van der Waals surface area contributed by atoms with Crippen molar-refractivity contribution in [3.05, 3.63) is 69.9 Å². The average Bonchev–Trinajstić information content (AvgIpc) is 2.50. The summed E-state index contributed by atoms with van der Waals surface area (Å²) in [5, 5.41) is 3.22. The zero-order valence-corrected chi connectivity index (χ0v) is 14.4. The number of hydrogen-bond donors (Lipinski definition) is 1. The smallest absolute Gasteiger partial charge is 0.221 e. The van der Waals surface area contributed by atoms with Crippen LogP contribution in [0.25, 0.3) is 0 Å². The number of aryl methyl sites for hydroxylation is 1. The van der Waals surface area contributed by atoms with Crippen molar-refractivity contribution in [2.75, 3.05) is 0 Å². The molecule has 0 aliphatic heterocycles. The van der Waals surface area contributed by atoms with Gasteiger partial charge in [0.15, 0.2) is 0 Å². The molecule has 0 heterocycles. The van der Waals surface area contributed by atoms with Crippen LogP contribution >= 0.6 is 15.9 Å². The first kappa shape index (κ1) is 16.2. The van der Waals surface area contributed by atoms with Crippen LogP contribution in [0.1, 0.15) is 36.8 Å². The Hall–Kier alpha value is -1.68. The van der Waals surface area contributed by atoms with E-state index < -0.39 is 0 Å². The second-order valence-electron chi connectivity index (χ2n) is 6.12. The third kappa shape index (κ3) is 3.81. The van der Waals surface area contributed by atoms with Gasteiger partial charge in [-0.3, -0.25) is 4.79 Å². The predicted molar refractivity (Wildman–Crippen MR) is 92.5 cm³/mol. The van der Waals surface area contributed by atoms with Crippen molar-refractivity contribution in [1.29, 1.82) is 0 Å². The minimum Gasteiger partial charge on any atom is -0.347 e. The average molecular weight is 376 g/mol. The van der Waals surface area contributed by atoms with E-state index in [0.717, 1.165) is 34.9 Å². The Morgan fingerprint density at radius 2 is 1.91 bits per heavy atom. The molecule has 120 valence electrons. The Balaban J connectivity index is 1.62. The monoisotopic (exact) mass is 375 g/mol. The van der Waals surface area contributed by atoms with Gasteiger partial charge in [-0.25, -0.2) is 4.39 Å². The van der Waals surface area contributed by atoms with E-state index in [2.05, 4.69) is 33.4 Å². The van der Waals surface area contributed by atoms with Crippen molar-refractivity contribution >= 4 is 21.8 Å². The quantitative estimate of drug-likeness (QED) is 0.804. The minimum atomic E-state index is -0.249. The lowest BCUT2D eigenvalue weighted by molar-refractivity contribution is -0.124. The van der Waals surface area contributed by atoms with E-state index in [0.29, 0.717) is 12.8 Å². The van der Waals surface area contributed by atoms with Crippen LogP contribution in [0, 0.1) is 5.82 Å². The number of rotatable bonds is 5. The van der Waals surface area contributed by atoms with Crippen LogP contribution < -0.4 is 5.32 Å². The second kappa shape index (κ2) is 6.83. The number of benzene rings is 2. The molecule has 0 unspecified atom stereocenters. The van der Waals surface area contributed by atoms with E-state index in [1.165, 1.54) is 12.1 Å². The fourth-order valence-corrected chi connectivity index (χ4v) is 3.44. The number of amides is 1. The topological polar surface area (TPSA) is 29.1 Å². The Morgan fingerprint density at radius 3 is 2.52 bits per heavy atom. The van der Waals surface area contributed by atoms with Gasteiger partial charge in [-0.2, -0.15) is 0 Å². The summed E-state index contributed by atoms with van der Waals surface area (Å²) in [4.78, 5) is 12.4. The normalized spacial score (nSPS) is 15.7. The number of nitrogens with one attached hydrogen (secondary N) is 1. The lowest BCUT2D eigenvalue weighted by atomic mass is 9.71. The molecule has 1 fully saturated rings. The molecule has 1 saturated carbocycles. The summed E-state index contributed by atoms with van der Waals surface area (Å²) in [5.74, 6) is -0.199. The molecule has 2 aromatic carbocycles. The van der Waals surface area contributed by atoms with Crippen LogP contribution in [-0.4, -0.2) is 5.91 Å². The highest BCUT2D eigenvalue weighted by Crippen LogP contribution is 2.42. The summed E-state index contributed by atoms with van der Waals surface area (Å²) < 4.78 is 13.9. The molecule has 1 aliphatic rings. The molecule has 3 rings (SSSR count). The molecular formula is C19H19BrFNO. The highest BCUT2D eigenvalue weighted by molar-refractivity contribution is 9.10. The van der Waals surface area contributed by atoms with Gasteiger partial charge in [0.25, 0.3) is 0 Å². The lowest BCUT2D eigenvalue weighted by Crippen LogP contribution is -2.50. The first-order valence-corrected chi connectivity index (χ1v) is 8.68. The first-order chi connectivity index (χ1) is 11.1. The Bertz CT molecular complexity index is 695. The Labute approximate surface area is 144 Å². The van der Waals surface area contributed by atoms with Gasteiger partial charge in [-0.05, 0) is 61.1 Å². The van der Waals surface area contributed by atoms with Crippen molar-refractivity contribution in [2.45, 2.75) is 37.6 Å². The van der Waals surface area contributed by atoms with Gasteiger partial charge in [0.1, 0.15) is 5.82 Å². The van der Waals surface area contributed by atoms with Crippen molar-refractivity contribution in [1.82, 2.24) is 5.32 Å². The summed E-state index contributed by atoms with van der Waals surface area (Å²) in [6.07, 6.45) is 4.13. The molecule has 0 spiro atoms. The standard InChI is InChI=1S/C19H19BrFNO/c20-16-4-1-3-15(13-16)19(11-2-12-19)22-18(23)10-7-14-5-8-17(21)9-6-14/h1,3-6,8-9,13H,2,7,10-12H2,(H,22,23). The number of carbonyl (C=O) groups excluding carboxylic acids is 1. The third-order valence-electron chi connectivity index (χ3n) is 4.52. The van der Waals surface area contributed by atoms with Crippen molar-refractivity contribution in [2.24, 2.45) is 0 Å². The summed E-state index contributed by atoms with van der Waals surface area (Å²) >= 11 is 3.50. The molecular weight excluding hydrogens is 357 g/mol. The Kier molecular flexibility index (Phi) is 4.81. The molecule has 1 aliphatic carbocycles. The van der Waals surface area contributed by atoms with Crippen molar-refractivity contribution < 1.29 is 9.18 Å². The summed E-state index contributed by atoms with van der Waals surface area (Å²) in [6.45, 7) is 0. The second-order valence-corrected chi connectivity index (χ2v) is 7.04. The number of hydrogen-bond acceptors (Lipinski definition) is 1. The van der Waals surface area contributed by atoms with Gasteiger partial charge in [-0.15, -0.1) is 0 Å². The summed E-state index contributed by atoms with van der Waals surface area (Å²) in [5.41, 5.74) is 1.92. The van der Waals surface area contributed by atoms with E-state index in [1.54, 1.807) is 12.1 Å². The highest BCUT2D eigenvalue weighted by Gasteiger charge is 2.39. The molecule has 1 N–H and O–H groups in total. The van der Waals surface area contributed by atoms with Gasteiger partial charge in [0.2, 0.25) is 5.91 Å². The third-order valence-corrected chi connectivity index (χ3v) is 5.01. The maximum atomic E-state index is 12.9. The van der Waals surface area contributed by atoms with Gasteiger partial charge < -0.3 is 5.32 Å². The molecule has 0 aromatic heterocycles. The maximum absolute atomic E-state index is 12.9. The maximum Gasteiger partial charge on any atom is 0.221 e. The molecule has 2 nitrogen and oxygen atoms in total. The van der Waals surface area contributed by atoms with E-state index in [1.807, 2.05) is 12.1 Å². The molecule has 0 bridgehead atoms. The zero-order valence-electron chi connectivity index (χ0n) is 12.8. The zero-order chi connectivity index (χ0) is 16.3.